The van der Waals surface area contributed by atoms with Crippen LogP contribution in [0.4, 0.5) is 0 Å². The molecule has 0 saturated carbocycles. The summed E-state index contributed by atoms with van der Waals surface area (Å²) in [5.74, 6) is 1.40. The lowest BCUT2D eigenvalue weighted by Gasteiger charge is -2.56. The van der Waals surface area contributed by atoms with Crippen LogP contribution in [0.1, 0.15) is 42.8 Å². The van der Waals surface area contributed by atoms with Crippen molar-refractivity contribution in [2.24, 2.45) is 11.8 Å². The molecule has 0 amide bonds. The molecule has 0 spiro atoms. The highest BCUT2D eigenvalue weighted by atomic mass is 35.5. The highest BCUT2D eigenvalue weighted by Gasteiger charge is 2.47. The lowest BCUT2D eigenvalue weighted by molar-refractivity contribution is -0.0643. The zero-order chi connectivity index (χ0) is 17.1. The molecule has 0 aliphatic carbocycles. The first-order valence-electron chi connectivity index (χ1n) is 8.53. The summed E-state index contributed by atoms with van der Waals surface area (Å²) in [6.45, 7) is 6.98. The maximum absolute atomic E-state index is 12.9. The number of benzene rings is 1. The topological polar surface area (TPSA) is 20.3 Å². The number of thiophene rings is 1. The van der Waals surface area contributed by atoms with Gasteiger partial charge in [0.2, 0.25) is 0 Å². The minimum atomic E-state index is 0.125. The lowest BCUT2D eigenvalue weighted by Crippen LogP contribution is -2.61. The highest BCUT2D eigenvalue weighted by molar-refractivity contribution is 7.20. The van der Waals surface area contributed by atoms with Crippen molar-refractivity contribution in [2.45, 2.75) is 38.6 Å². The van der Waals surface area contributed by atoms with Gasteiger partial charge in [0.05, 0.1) is 14.9 Å². The number of piperidine rings is 3. The van der Waals surface area contributed by atoms with Crippen molar-refractivity contribution in [3.8, 4) is 0 Å². The SMILES string of the molecule is CC1(C)[C@@H](CC(=O)c2cc3cc(Cl)c(Cl)cc3s2)C2CCN1CC2. The van der Waals surface area contributed by atoms with Gasteiger partial charge in [-0.15, -0.1) is 11.3 Å². The molecule has 2 bridgehead atoms. The van der Waals surface area contributed by atoms with Gasteiger partial charge in [-0.25, -0.2) is 0 Å². The molecule has 128 valence electrons. The minimum Gasteiger partial charge on any atom is -0.298 e. The number of fused-ring (bicyclic) bond motifs is 4. The average molecular weight is 382 g/mol. The Morgan fingerprint density at radius 1 is 1.21 bits per heavy atom. The predicted molar refractivity (Wildman–Crippen MR) is 103 cm³/mol. The Balaban J connectivity index is 1.60. The zero-order valence-corrected chi connectivity index (χ0v) is 16.3. The van der Waals surface area contributed by atoms with Gasteiger partial charge in [0, 0.05) is 16.7 Å². The summed E-state index contributed by atoms with van der Waals surface area (Å²) in [4.78, 5) is 16.3. The van der Waals surface area contributed by atoms with E-state index in [1.54, 1.807) is 0 Å². The molecule has 3 fully saturated rings. The van der Waals surface area contributed by atoms with Crippen LogP contribution in [-0.2, 0) is 0 Å². The summed E-state index contributed by atoms with van der Waals surface area (Å²) in [5.41, 5.74) is 0.125. The molecule has 2 aromatic rings. The van der Waals surface area contributed by atoms with Crippen molar-refractivity contribution in [1.29, 1.82) is 0 Å². The summed E-state index contributed by atoms with van der Waals surface area (Å²) in [5, 5.41) is 2.09. The number of carbonyl (C=O) groups is 1. The number of halogens is 2. The fraction of sp³-hybridized carbons (Fsp3) is 0.526. The third-order valence-corrected chi connectivity index (χ3v) is 7.93. The van der Waals surface area contributed by atoms with E-state index in [4.69, 9.17) is 23.2 Å². The molecule has 3 saturated heterocycles. The van der Waals surface area contributed by atoms with E-state index in [0.29, 0.717) is 28.3 Å². The second-order valence-corrected chi connectivity index (χ2v) is 9.52. The Labute approximate surface area is 156 Å². The number of Topliss-reactive ketones (excluding diaryl/α,β-unsaturated/α-hetero) is 1. The quantitative estimate of drug-likeness (QED) is 0.616. The van der Waals surface area contributed by atoms with Crippen LogP contribution in [0.2, 0.25) is 10.0 Å². The fourth-order valence-corrected chi connectivity index (χ4v) is 6.01. The van der Waals surface area contributed by atoms with Crippen LogP contribution < -0.4 is 0 Å². The maximum atomic E-state index is 12.9. The summed E-state index contributed by atoms with van der Waals surface area (Å²) in [6, 6.07) is 5.68. The molecule has 0 N–H and O–H groups in total. The third kappa shape index (κ3) is 2.70. The molecule has 5 rings (SSSR count). The second-order valence-electron chi connectivity index (χ2n) is 7.63. The van der Waals surface area contributed by atoms with Gasteiger partial charge in [-0.2, -0.15) is 0 Å². The maximum Gasteiger partial charge on any atom is 0.173 e. The van der Waals surface area contributed by atoms with Crippen molar-refractivity contribution in [3.63, 3.8) is 0 Å². The molecule has 1 aromatic carbocycles. The van der Waals surface area contributed by atoms with Crippen molar-refractivity contribution < 1.29 is 4.79 Å². The minimum absolute atomic E-state index is 0.125. The van der Waals surface area contributed by atoms with E-state index in [9.17, 15) is 4.79 Å². The lowest BCUT2D eigenvalue weighted by atomic mass is 9.65. The van der Waals surface area contributed by atoms with Crippen LogP contribution in [0.3, 0.4) is 0 Å². The van der Waals surface area contributed by atoms with E-state index in [0.717, 1.165) is 15.0 Å². The number of ketones is 1. The van der Waals surface area contributed by atoms with E-state index in [1.807, 2.05) is 18.2 Å². The molecular formula is C19H21Cl2NOS. The van der Waals surface area contributed by atoms with E-state index >= 15 is 0 Å². The largest absolute Gasteiger partial charge is 0.298 e. The van der Waals surface area contributed by atoms with Crippen LogP contribution in [0.5, 0.6) is 0 Å². The van der Waals surface area contributed by atoms with Gasteiger partial charge in [0.25, 0.3) is 0 Å². The Bertz CT molecular complexity index is 766. The van der Waals surface area contributed by atoms with E-state index in [2.05, 4.69) is 18.7 Å². The molecule has 1 atom stereocenters. The number of hydrogen-bond acceptors (Lipinski definition) is 3. The van der Waals surface area contributed by atoms with Crippen LogP contribution >= 0.6 is 34.5 Å². The molecule has 2 nitrogen and oxygen atoms in total. The number of carbonyl (C=O) groups excluding carboxylic acids is 1. The molecule has 0 radical (unpaired) electrons. The van der Waals surface area contributed by atoms with Gasteiger partial charge >= 0.3 is 0 Å². The van der Waals surface area contributed by atoms with Gasteiger partial charge in [-0.3, -0.25) is 9.69 Å². The number of hydrogen-bond donors (Lipinski definition) is 0. The normalized spacial score (nSPS) is 28.4. The van der Waals surface area contributed by atoms with Gasteiger partial charge in [0.15, 0.2) is 5.78 Å². The van der Waals surface area contributed by atoms with Crippen LogP contribution in [0.15, 0.2) is 18.2 Å². The van der Waals surface area contributed by atoms with Crippen molar-refractivity contribution in [3.05, 3.63) is 33.1 Å². The van der Waals surface area contributed by atoms with Crippen molar-refractivity contribution in [2.75, 3.05) is 13.1 Å². The van der Waals surface area contributed by atoms with Gasteiger partial charge in [-0.05, 0) is 75.2 Å². The molecule has 0 unspecified atom stereocenters. The first-order chi connectivity index (χ1) is 11.4. The first kappa shape index (κ1) is 16.8. The van der Waals surface area contributed by atoms with Gasteiger partial charge in [-0.1, -0.05) is 23.2 Å². The van der Waals surface area contributed by atoms with E-state index in [1.165, 1.54) is 37.3 Å². The van der Waals surface area contributed by atoms with Crippen LogP contribution in [0, 0.1) is 11.8 Å². The fourth-order valence-electron chi connectivity index (χ4n) is 4.58. The monoisotopic (exact) mass is 381 g/mol. The highest BCUT2D eigenvalue weighted by Crippen LogP contribution is 2.46. The van der Waals surface area contributed by atoms with Crippen LogP contribution in [0.25, 0.3) is 10.1 Å². The van der Waals surface area contributed by atoms with E-state index in [-0.39, 0.29) is 11.3 Å². The van der Waals surface area contributed by atoms with Gasteiger partial charge in [0.1, 0.15) is 0 Å². The summed E-state index contributed by atoms with van der Waals surface area (Å²) in [7, 11) is 0. The van der Waals surface area contributed by atoms with Crippen molar-refractivity contribution in [1.82, 2.24) is 4.90 Å². The molecular weight excluding hydrogens is 361 g/mol. The number of rotatable bonds is 3. The first-order valence-corrected chi connectivity index (χ1v) is 10.1. The Morgan fingerprint density at radius 2 is 1.88 bits per heavy atom. The Morgan fingerprint density at radius 3 is 2.54 bits per heavy atom. The summed E-state index contributed by atoms with van der Waals surface area (Å²) in [6.07, 6.45) is 3.11. The molecule has 5 heteroatoms. The molecule has 24 heavy (non-hydrogen) atoms. The Hall–Kier alpha value is -0.610. The standard InChI is InChI=1S/C19H21Cl2NOS/c1-19(2)13(11-3-5-22(19)6-4-11)9-16(23)18-8-12-7-14(20)15(21)10-17(12)24-18/h7-8,10-11,13H,3-6,9H2,1-2H3/t13-/m0/s1. The average Bonchev–Trinajstić information content (AvgIpc) is 2.94. The summed E-state index contributed by atoms with van der Waals surface area (Å²) >= 11 is 13.7. The van der Waals surface area contributed by atoms with E-state index < -0.39 is 0 Å². The van der Waals surface area contributed by atoms with Crippen LogP contribution in [-0.4, -0.2) is 29.3 Å². The summed E-state index contributed by atoms with van der Waals surface area (Å²) < 4.78 is 1.03. The Kier molecular flexibility index (Phi) is 4.20. The smallest absolute Gasteiger partial charge is 0.173 e. The van der Waals surface area contributed by atoms with Gasteiger partial charge < -0.3 is 0 Å². The number of nitrogens with zero attached hydrogens (tertiary/aromatic N) is 1. The van der Waals surface area contributed by atoms with Crippen molar-refractivity contribution >= 4 is 50.4 Å². The molecule has 4 heterocycles. The molecule has 3 aliphatic heterocycles. The predicted octanol–water partition coefficient (Wildman–Crippen LogP) is 5.90. The third-order valence-electron chi connectivity index (χ3n) is 6.07. The second kappa shape index (κ2) is 5.98. The molecule has 3 aliphatic rings. The molecule has 1 aromatic heterocycles. The zero-order valence-electron chi connectivity index (χ0n) is 13.9.